The van der Waals surface area contributed by atoms with E-state index in [1.54, 1.807) is 0 Å². The van der Waals surface area contributed by atoms with Crippen molar-refractivity contribution in [1.82, 2.24) is 0 Å². The maximum absolute atomic E-state index is 12.5. The van der Waals surface area contributed by atoms with E-state index in [9.17, 15) is 19.0 Å². The van der Waals surface area contributed by atoms with Crippen molar-refractivity contribution in [2.45, 2.75) is 148 Å². The zero-order valence-electron chi connectivity index (χ0n) is 31.0. The predicted molar refractivity (Wildman–Crippen MR) is 203 cm³/mol. The number of carboxylic acids is 1. The largest absolute Gasteiger partial charge is 0.480 e. The molecule has 3 atom stereocenters. The molecule has 0 spiro atoms. The smallest absolute Gasteiger partial charge is 0.472 e. The Hall–Kier alpha value is -2.33. The highest BCUT2D eigenvalue weighted by atomic mass is 31.2. The van der Waals surface area contributed by atoms with Crippen molar-refractivity contribution in [2.24, 2.45) is 5.73 Å². The number of phosphoric ester groups is 1. The van der Waals surface area contributed by atoms with Crippen LogP contribution in [0.5, 0.6) is 0 Å². The van der Waals surface area contributed by atoms with Gasteiger partial charge in [0.1, 0.15) is 12.1 Å². The van der Waals surface area contributed by atoms with Gasteiger partial charge in [0.2, 0.25) is 0 Å². The molecule has 0 saturated heterocycles. The third-order valence-electron chi connectivity index (χ3n) is 7.53. The minimum Gasteiger partial charge on any atom is -0.480 e. The van der Waals surface area contributed by atoms with E-state index in [0.29, 0.717) is 13.0 Å². The van der Waals surface area contributed by atoms with Crippen LogP contribution in [0.1, 0.15) is 136 Å². The number of rotatable bonds is 35. The number of carboxylic acid groups (broad SMARTS) is 1. The van der Waals surface area contributed by atoms with E-state index in [1.807, 2.05) is 0 Å². The average molecular weight is 726 g/mol. The molecule has 0 aliphatic rings. The fourth-order valence-electron chi connectivity index (χ4n) is 4.59. The Labute approximate surface area is 302 Å². The average Bonchev–Trinajstić information content (AvgIpc) is 3.09. The van der Waals surface area contributed by atoms with E-state index in [4.69, 9.17) is 24.8 Å². The van der Waals surface area contributed by atoms with Crippen LogP contribution in [0.3, 0.4) is 0 Å². The zero-order valence-corrected chi connectivity index (χ0v) is 31.9. The van der Waals surface area contributed by atoms with Gasteiger partial charge in [-0.25, -0.2) is 4.57 Å². The molecule has 0 aliphatic heterocycles. The van der Waals surface area contributed by atoms with Crippen molar-refractivity contribution in [1.29, 1.82) is 0 Å². The number of carbonyl (C=O) groups excluding carboxylic acids is 1. The maximum atomic E-state index is 12.5. The van der Waals surface area contributed by atoms with Gasteiger partial charge in [-0.05, 0) is 77.0 Å². The van der Waals surface area contributed by atoms with E-state index >= 15 is 0 Å². The molecular formula is C39H68NO9P. The summed E-state index contributed by atoms with van der Waals surface area (Å²) in [5.41, 5.74) is 5.33. The van der Waals surface area contributed by atoms with Crippen LogP contribution in [0, 0.1) is 0 Å². The van der Waals surface area contributed by atoms with Gasteiger partial charge in [-0.15, -0.1) is 0 Å². The first-order valence-electron chi connectivity index (χ1n) is 18.8. The molecule has 4 N–H and O–H groups in total. The van der Waals surface area contributed by atoms with Crippen LogP contribution >= 0.6 is 7.82 Å². The molecule has 0 bridgehead atoms. The van der Waals surface area contributed by atoms with Gasteiger partial charge in [-0.3, -0.25) is 18.6 Å². The monoisotopic (exact) mass is 725 g/mol. The van der Waals surface area contributed by atoms with Crippen molar-refractivity contribution in [3.05, 3.63) is 60.8 Å². The highest BCUT2D eigenvalue weighted by Crippen LogP contribution is 2.43. The molecule has 50 heavy (non-hydrogen) atoms. The zero-order chi connectivity index (χ0) is 37.0. The normalized spacial score (nSPS) is 14.8. The number of ether oxygens (including phenoxy) is 2. The molecule has 0 aromatic carbocycles. The maximum Gasteiger partial charge on any atom is 0.472 e. The second kappa shape index (κ2) is 35.1. The van der Waals surface area contributed by atoms with Crippen LogP contribution < -0.4 is 5.73 Å². The van der Waals surface area contributed by atoms with Gasteiger partial charge < -0.3 is 25.2 Å². The number of hydrogen-bond donors (Lipinski definition) is 3. The molecule has 0 aromatic rings. The molecule has 0 rings (SSSR count). The summed E-state index contributed by atoms with van der Waals surface area (Å²) in [6.45, 7) is 3.64. The number of hydrogen-bond acceptors (Lipinski definition) is 8. The summed E-state index contributed by atoms with van der Waals surface area (Å²) < 4.78 is 33.1. The third-order valence-corrected chi connectivity index (χ3v) is 8.48. The Balaban J connectivity index is 4.42. The van der Waals surface area contributed by atoms with E-state index in [1.165, 1.54) is 44.9 Å². The second-order valence-corrected chi connectivity index (χ2v) is 13.8. The first kappa shape index (κ1) is 47.7. The van der Waals surface area contributed by atoms with Crippen LogP contribution in [0.25, 0.3) is 0 Å². The first-order valence-corrected chi connectivity index (χ1v) is 20.3. The molecule has 0 amide bonds. The molecule has 0 fully saturated rings. The number of esters is 1. The predicted octanol–water partition coefficient (Wildman–Crippen LogP) is 9.69. The lowest BCUT2D eigenvalue weighted by Gasteiger charge is -2.20. The molecule has 11 heteroatoms. The van der Waals surface area contributed by atoms with Crippen molar-refractivity contribution >= 4 is 19.8 Å². The number of phosphoric acid groups is 1. The topological polar surface area (TPSA) is 155 Å². The van der Waals surface area contributed by atoms with Gasteiger partial charge in [0, 0.05) is 13.0 Å². The Morgan fingerprint density at radius 2 is 1.16 bits per heavy atom. The fourth-order valence-corrected chi connectivity index (χ4v) is 5.36. The number of unbranched alkanes of at least 4 members (excludes halogenated alkanes) is 11. The molecule has 0 heterocycles. The minimum atomic E-state index is -4.62. The molecule has 0 aliphatic carbocycles. The lowest BCUT2D eigenvalue weighted by atomic mass is 10.1. The van der Waals surface area contributed by atoms with E-state index in [0.717, 1.165) is 64.2 Å². The Morgan fingerprint density at radius 1 is 0.660 bits per heavy atom. The Kier molecular flexibility index (Phi) is 33.5. The van der Waals surface area contributed by atoms with Gasteiger partial charge >= 0.3 is 19.8 Å². The molecule has 0 radical (unpaired) electrons. The minimum absolute atomic E-state index is 0.00702. The van der Waals surface area contributed by atoms with Crippen LogP contribution in [0.2, 0.25) is 0 Å². The molecule has 0 saturated carbocycles. The summed E-state index contributed by atoms with van der Waals surface area (Å²) in [5.74, 6) is -1.83. The summed E-state index contributed by atoms with van der Waals surface area (Å²) >= 11 is 0. The number of nitrogens with two attached hydrogens (primary N) is 1. The van der Waals surface area contributed by atoms with Crippen molar-refractivity contribution in [3.8, 4) is 0 Å². The van der Waals surface area contributed by atoms with Gasteiger partial charge in [-0.1, -0.05) is 113 Å². The summed E-state index contributed by atoms with van der Waals surface area (Å²) in [5, 5.41) is 8.86. The number of aliphatic carboxylic acids is 1. The van der Waals surface area contributed by atoms with E-state index in [-0.39, 0.29) is 13.0 Å². The molecule has 10 nitrogen and oxygen atoms in total. The van der Waals surface area contributed by atoms with Crippen molar-refractivity contribution in [3.63, 3.8) is 0 Å². The van der Waals surface area contributed by atoms with Gasteiger partial charge in [-0.2, -0.15) is 0 Å². The Bertz CT molecular complexity index is 1030. The third kappa shape index (κ3) is 34.1. The lowest BCUT2D eigenvalue weighted by Crippen LogP contribution is -2.34. The highest BCUT2D eigenvalue weighted by Gasteiger charge is 2.27. The molecule has 288 valence electrons. The lowest BCUT2D eigenvalue weighted by molar-refractivity contribution is -0.154. The van der Waals surface area contributed by atoms with Crippen LogP contribution in [0.4, 0.5) is 0 Å². The van der Waals surface area contributed by atoms with Gasteiger partial charge in [0.15, 0.2) is 0 Å². The second-order valence-electron chi connectivity index (χ2n) is 12.3. The van der Waals surface area contributed by atoms with E-state index < -0.39 is 45.1 Å². The van der Waals surface area contributed by atoms with Crippen LogP contribution in [-0.2, 0) is 32.7 Å². The standard InChI is InChI=1S/C39H68NO9P/c1-3-5-7-9-11-13-15-17-18-19-21-23-25-27-29-31-38(41)49-36(34-47-50(44,45)48-35-37(40)39(42)43)33-46-32-30-28-26-24-22-20-16-14-12-10-8-6-4-2/h5,7,11-14,17-18,21,23,36-37H,3-4,6,8-10,15-16,19-20,22,24-35,40H2,1-2H3,(H,42,43)(H,44,45)/b7-5-,13-11-,14-12-,18-17-,23-21-. The van der Waals surface area contributed by atoms with Gasteiger partial charge in [0.25, 0.3) is 0 Å². The summed E-state index contributed by atoms with van der Waals surface area (Å²) in [6.07, 6.45) is 39.9. The number of carbonyl (C=O) groups is 2. The first-order chi connectivity index (χ1) is 24.2. The summed E-state index contributed by atoms with van der Waals surface area (Å²) in [4.78, 5) is 33.4. The van der Waals surface area contributed by atoms with Crippen LogP contribution in [0.15, 0.2) is 60.8 Å². The van der Waals surface area contributed by atoms with Crippen LogP contribution in [-0.4, -0.2) is 60.5 Å². The fraction of sp³-hybridized carbons (Fsp3) is 0.692. The van der Waals surface area contributed by atoms with Crippen molar-refractivity contribution in [2.75, 3.05) is 26.4 Å². The van der Waals surface area contributed by atoms with E-state index in [2.05, 4.69) is 79.1 Å². The number of allylic oxidation sites excluding steroid dienone is 10. The SMILES string of the molecule is CC/C=C\C/C=C\C/C=C\C/C=C\CCCCC(=O)OC(COCCCCCCCC/C=C\CCCCC)COP(=O)(O)OCC(N)C(=O)O. The molecule has 3 unspecified atom stereocenters. The van der Waals surface area contributed by atoms with Gasteiger partial charge in [0.05, 0.1) is 19.8 Å². The summed E-state index contributed by atoms with van der Waals surface area (Å²) in [7, 11) is -4.62. The quantitative estimate of drug-likeness (QED) is 0.0249. The summed E-state index contributed by atoms with van der Waals surface area (Å²) in [6, 6.07) is -1.48. The highest BCUT2D eigenvalue weighted by molar-refractivity contribution is 7.47. The Morgan fingerprint density at radius 3 is 1.76 bits per heavy atom. The molecule has 0 aromatic heterocycles. The van der Waals surface area contributed by atoms with Crippen molar-refractivity contribution < 1.29 is 42.7 Å². The molecular weight excluding hydrogens is 657 g/mol.